The average molecular weight is 227 g/mol. The van der Waals surface area contributed by atoms with Crippen LogP contribution in [0, 0.1) is 12.3 Å². The molecule has 0 amide bonds. The summed E-state index contributed by atoms with van der Waals surface area (Å²) in [6.45, 7) is 1.80. The van der Waals surface area contributed by atoms with Crippen LogP contribution in [-0.2, 0) is 4.79 Å². The number of hydrogen-bond acceptors (Lipinski definition) is 3. The summed E-state index contributed by atoms with van der Waals surface area (Å²) in [6.07, 6.45) is 5.21. The van der Waals surface area contributed by atoms with Crippen molar-refractivity contribution >= 4 is 11.5 Å². The van der Waals surface area contributed by atoms with Gasteiger partial charge in [-0.3, -0.25) is 10.1 Å². The van der Waals surface area contributed by atoms with Crippen molar-refractivity contribution < 1.29 is 9.90 Å². The molecule has 0 radical (unpaired) electrons. The zero-order chi connectivity index (χ0) is 12.4. The van der Waals surface area contributed by atoms with Crippen LogP contribution in [0.5, 0.6) is 0 Å². The molecule has 0 saturated heterocycles. The second-order valence-corrected chi connectivity index (χ2v) is 3.92. The van der Waals surface area contributed by atoms with Crippen LogP contribution in [-0.4, -0.2) is 17.4 Å². The first kappa shape index (κ1) is 11.4. The van der Waals surface area contributed by atoms with Gasteiger partial charge in [0.15, 0.2) is 5.78 Å². The third-order valence-corrected chi connectivity index (χ3v) is 2.86. The Bertz CT molecular complexity index is 537. The van der Waals surface area contributed by atoms with Crippen molar-refractivity contribution in [2.75, 3.05) is 6.54 Å². The molecule has 1 aliphatic rings. The Morgan fingerprint density at radius 3 is 2.88 bits per heavy atom. The summed E-state index contributed by atoms with van der Waals surface area (Å²) in [6, 6.07) is 7.08. The van der Waals surface area contributed by atoms with Crippen LogP contribution in [0.25, 0.3) is 5.76 Å². The van der Waals surface area contributed by atoms with Crippen LogP contribution in [0.4, 0.5) is 0 Å². The van der Waals surface area contributed by atoms with E-state index in [0.717, 1.165) is 5.56 Å². The summed E-state index contributed by atoms with van der Waals surface area (Å²) in [5.74, 6) is 2.39. The maximum Gasteiger partial charge on any atom is 0.161 e. The first-order valence-electron chi connectivity index (χ1n) is 5.37. The van der Waals surface area contributed by atoms with E-state index >= 15 is 0 Å². The number of terminal acetylenes is 1. The minimum atomic E-state index is -0.306. The second kappa shape index (κ2) is 4.44. The molecule has 2 N–H and O–H groups in total. The molecule has 17 heavy (non-hydrogen) atoms. The maximum atomic E-state index is 11.6. The number of carbonyl (C=O) groups excluding carboxylic acids is 1. The summed E-state index contributed by atoms with van der Waals surface area (Å²) < 4.78 is 0. The monoisotopic (exact) mass is 227 g/mol. The number of rotatable bonds is 3. The Kier molecular flexibility index (Phi) is 2.99. The molecule has 0 saturated carbocycles. The minimum absolute atomic E-state index is 0.0580. The van der Waals surface area contributed by atoms with Gasteiger partial charge in [-0.1, -0.05) is 30.2 Å². The number of hydrogen-bond donors (Lipinski definition) is 2. The number of nitrogens with one attached hydrogen (secondary N) is 1. The molecule has 86 valence electrons. The summed E-state index contributed by atoms with van der Waals surface area (Å²) in [7, 11) is 0. The van der Waals surface area contributed by atoms with Crippen molar-refractivity contribution in [3.63, 3.8) is 0 Å². The van der Waals surface area contributed by atoms with E-state index in [-0.39, 0.29) is 17.6 Å². The lowest BCUT2D eigenvalue weighted by molar-refractivity contribution is -0.113. The number of Topliss-reactive ketones (excluding diaryl/α,β-unsaturated/α-hetero) is 1. The first-order chi connectivity index (χ1) is 8.16. The van der Waals surface area contributed by atoms with Crippen molar-refractivity contribution in [1.82, 2.24) is 5.32 Å². The second-order valence-electron chi connectivity index (χ2n) is 3.92. The molecule has 0 spiro atoms. The van der Waals surface area contributed by atoms with Gasteiger partial charge < -0.3 is 5.11 Å². The Morgan fingerprint density at radius 2 is 2.24 bits per heavy atom. The van der Waals surface area contributed by atoms with Gasteiger partial charge in [-0.25, -0.2) is 0 Å². The van der Waals surface area contributed by atoms with Crippen LogP contribution < -0.4 is 5.32 Å². The van der Waals surface area contributed by atoms with Gasteiger partial charge in [-0.2, -0.15) is 0 Å². The predicted octanol–water partition coefficient (Wildman–Crippen LogP) is 1.82. The number of benzene rings is 1. The topological polar surface area (TPSA) is 49.3 Å². The van der Waals surface area contributed by atoms with Crippen LogP contribution in [0.15, 0.2) is 29.8 Å². The molecular formula is C14H13NO2. The molecule has 1 aromatic rings. The number of fused-ring (bicyclic) bond motifs is 1. The van der Waals surface area contributed by atoms with E-state index in [1.807, 2.05) is 18.2 Å². The number of carbonyl (C=O) groups is 1. The van der Waals surface area contributed by atoms with E-state index < -0.39 is 0 Å². The summed E-state index contributed by atoms with van der Waals surface area (Å²) >= 11 is 0. The highest BCUT2D eigenvalue weighted by Gasteiger charge is 2.32. The third-order valence-electron chi connectivity index (χ3n) is 2.86. The molecule has 3 heteroatoms. The van der Waals surface area contributed by atoms with E-state index in [0.29, 0.717) is 17.7 Å². The zero-order valence-electron chi connectivity index (χ0n) is 9.53. The van der Waals surface area contributed by atoms with E-state index in [1.165, 1.54) is 6.92 Å². The lowest BCUT2D eigenvalue weighted by Crippen LogP contribution is -2.24. The molecule has 1 aromatic carbocycles. The van der Waals surface area contributed by atoms with Crippen LogP contribution >= 0.6 is 0 Å². The van der Waals surface area contributed by atoms with E-state index in [2.05, 4.69) is 11.2 Å². The molecule has 0 aliphatic heterocycles. The molecule has 1 unspecified atom stereocenters. The Balaban J connectivity index is 2.48. The van der Waals surface area contributed by atoms with Gasteiger partial charge in [-0.05, 0) is 12.5 Å². The van der Waals surface area contributed by atoms with Crippen molar-refractivity contribution in [2.45, 2.75) is 13.0 Å². The molecule has 0 fully saturated rings. The zero-order valence-corrected chi connectivity index (χ0v) is 9.53. The van der Waals surface area contributed by atoms with Gasteiger partial charge in [0.2, 0.25) is 0 Å². The normalized spacial score (nSPS) is 17.8. The fraction of sp³-hybridized carbons (Fsp3) is 0.214. The molecule has 2 rings (SSSR count). The molecule has 0 heterocycles. The lowest BCUT2D eigenvalue weighted by atomic mass is 10.0. The highest BCUT2D eigenvalue weighted by Crippen LogP contribution is 2.39. The van der Waals surface area contributed by atoms with E-state index in [9.17, 15) is 9.90 Å². The first-order valence-corrected chi connectivity index (χ1v) is 5.37. The van der Waals surface area contributed by atoms with Gasteiger partial charge in [0.25, 0.3) is 0 Å². The SMILES string of the molecule is C#CCNC1C(C(C)=O)=C(O)c2ccccc21. The predicted molar refractivity (Wildman–Crippen MR) is 66.2 cm³/mol. The fourth-order valence-corrected chi connectivity index (χ4v) is 2.14. The molecule has 0 aromatic heterocycles. The van der Waals surface area contributed by atoms with E-state index in [1.54, 1.807) is 6.07 Å². The number of aliphatic hydroxyl groups excluding tert-OH is 1. The molecular weight excluding hydrogens is 214 g/mol. The van der Waals surface area contributed by atoms with Crippen LogP contribution in [0.1, 0.15) is 24.1 Å². The quantitative estimate of drug-likeness (QED) is 0.774. The van der Waals surface area contributed by atoms with Crippen LogP contribution in [0.3, 0.4) is 0 Å². The van der Waals surface area contributed by atoms with Crippen molar-refractivity contribution in [3.8, 4) is 12.3 Å². The maximum absolute atomic E-state index is 11.6. The lowest BCUT2D eigenvalue weighted by Gasteiger charge is -2.14. The largest absolute Gasteiger partial charge is 0.507 e. The Morgan fingerprint density at radius 1 is 1.53 bits per heavy atom. The Labute approximate surface area is 100 Å². The fourth-order valence-electron chi connectivity index (χ4n) is 2.14. The molecule has 1 aliphatic carbocycles. The summed E-state index contributed by atoms with van der Waals surface area (Å²) in [5, 5.41) is 13.1. The average Bonchev–Trinajstić information content (AvgIpc) is 2.60. The molecule has 3 nitrogen and oxygen atoms in total. The van der Waals surface area contributed by atoms with Crippen LogP contribution in [0.2, 0.25) is 0 Å². The van der Waals surface area contributed by atoms with Crippen molar-refractivity contribution in [1.29, 1.82) is 0 Å². The summed E-state index contributed by atoms with van der Waals surface area (Å²) in [5.41, 5.74) is 1.99. The van der Waals surface area contributed by atoms with Gasteiger partial charge >= 0.3 is 0 Å². The highest BCUT2D eigenvalue weighted by molar-refractivity contribution is 6.03. The van der Waals surface area contributed by atoms with Gasteiger partial charge in [0.1, 0.15) is 5.76 Å². The van der Waals surface area contributed by atoms with Crippen molar-refractivity contribution in [2.24, 2.45) is 0 Å². The van der Waals surface area contributed by atoms with E-state index in [4.69, 9.17) is 6.42 Å². The standard InChI is InChI=1S/C14H13NO2/c1-3-8-15-13-10-6-4-5-7-11(10)14(17)12(13)9(2)16/h1,4-7,13,15,17H,8H2,2H3. The minimum Gasteiger partial charge on any atom is -0.507 e. The van der Waals surface area contributed by atoms with Gasteiger partial charge in [0, 0.05) is 5.56 Å². The molecule has 0 bridgehead atoms. The number of ketones is 1. The number of aliphatic hydroxyl groups is 1. The van der Waals surface area contributed by atoms with Gasteiger partial charge in [-0.15, -0.1) is 6.42 Å². The van der Waals surface area contributed by atoms with Crippen molar-refractivity contribution in [3.05, 3.63) is 41.0 Å². The summed E-state index contributed by atoms with van der Waals surface area (Å²) in [4.78, 5) is 11.6. The smallest absolute Gasteiger partial charge is 0.161 e. The van der Waals surface area contributed by atoms with Gasteiger partial charge in [0.05, 0.1) is 18.2 Å². The highest BCUT2D eigenvalue weighted by atomic mass is 16.3. The molecule has 1 atom stereocenters. The Hall–Kier alpha value is -2.05. The third kappa shape index (κ3) is 1.83.